The van der Waals surface area contributed by atoms with Gasteiger partial charge in [-0.15, -0.1) is 5.10 Å². The molecule has 9 heteroatoms. The average Bonchev–Trinajstić information content (AvgIpc) is 3.56. The first kappa shape index (κ1) is 24.5. The molecule has 1 aromatic heterocycles. The molecule has 3 aromatic carbocycles. The maximum atomic E-state index is 15.1. The van der Waals surface area contributed by atoms with Gasteiger partial charge in [-0.1, -0.05) is 60.5 Å². The molecule has 0 aliphatic heterocycles. The molecule has 190 valence electrons. The molecule has 7 nitrogen and oxygen atoms in total. The highest BCUT2D eigenvalue weighted by Crippen LogP contribution is 2.28. The van der Waals surface area contributed by atoms with Crippen LogP contribution in [0, 0.1) is 11.6 Å². The van der Waals surface area contributed by atoms with E-state index in [4.69, 9.17) is 0 Å². The molecule has 1 saturated carbocycles. The molecule has 1 atom stereocenters. The highest BCUT2D eigenvalue weighted by Gasteiger charge is 2.35. The Morgan fingerprint density at radius 3 is 2.43 bits per heavy atom. The summed E-state index contributed by atoms with van der Waals surface area (Å²) in [5.74, 6) is -1.90. The van der Waals surface area contributed by atoms with Gasteiger partial charge in [0.1, 0.15) is 29.7 Å². The lowest BCUT2D eigenvalue weighted by molar-refractivity contribution is -0.142. The van der Waals surface area contributed by atoms with Crippen molar-refractivity contribution in [3.63, 3.8) is 0 Å². The number of carbonyl (C=O) groups is 2. The molecule has 2 amide bonds. The fourth-order valence-corrected chi connectivity index (χ4v) is 4.86. The zero-order valence-electron chi connectivity index (χ0n) is 20.2. The Kier molecular flexibility index (Phi) is 7.20. The average molecular weight is 504 g/mol. The van der Waals surface area contributed by atoms with E-state index in [1.54, 1.807) is 36.4 Å². The van der Waals surface area contributed by atoms with Crippen LogP contribution in [-0.4, -0.2) is 37.7 Å². The summed E-state index contributed by atoms with van der Waals surface area (Å²) in [6, 6.07) is 17.6. The minimum Gasteiger partial charge on any atom is -0.351 e. The molecule has 0 radical (unpaired) electrons. The van der Waals surface area contributed by atoms with Gasteiger partial charge in [0.05, 0.1) is 5.52 Å². The maximum Gasteiger partial charge on any atom is 0.247 e. The third kappa shape index (κ3) is 5.50. The van der Waals surface area contributed by atoms with Gasteiger partial charge in [-0.25, -0.2) is 13.5 Å². The highest BCUT2D eigenvalue weighted by atomic mass is 19.1. The van der Waals surface area contributed by atoms with Gasteiger partial charge in [0.25, 0.3) is 0 Å². The molecule has 5 rings (SSSR count). The summed E-state index contributed by atoms with van der Waals surface area (Å²) in [6.45, 7) is -0.230. The van der Waals surface area contributed by atoms with Gasteiger partial charge in [-0.05, 0) is 48.7 Å². The van der Waals surface area contributed by atoms with E-state index in [9.17, 15) is 14.0 Å². The Bertz CT molecular complexity index is 1400. The SMILES string of the molecule is O=C(NC1CCCC1)[C@@H](c1ccccc1F)N(Cc1ccc(F)cc1)C(=O)Cn1nnc2ccccc21. The van der Waals surface area contributed by atoms with Gasteiger partial charge >= 0.3 is 0 Å². The van der Waals surface area contributed by atoms with Crippen molar-refractivity contribution in [1.29, 1.82) is 0 Å². The number of hydrogen-bond donors (Lipinski definition) is 1. The fraction of sp³-hybridized carbons (Fsp3) is 0.286. The quantitative estimate of drug-likeness (QED) is 0.383. The lowest BCUT2D eigenvalue weighted by Crippen LogP contribution is -2.47. The summed E-state index contributed by atoms with van der Waals surface area (Å²) in [4.78, 5) is 28.9. The zero-order valence-corrected chi connectivity index (χ0v) is 20.2. The van der Waals surface area contributed by atoms with Crippen LogP contribution < -0.4 is 5.32 Å². The lowest BCUT2D eigenvalue weighted by Gasteiger charge is -2.32. The molecule has 1 N–H and O–H groups in total. The molecular weight excluding hydrogens is 476 g/mol. The summed E-state index contributed by atoms with van der Waals surface area (Å²) < 4.78 is 30.2. The number of benzene rings is 3. The Labute approximate surface area is 213 Å². The number of aromatic nitrogens is 3. The number of carbonyl (C=O) groups excluding carboxylic acids is 2. The van der Waals surface area contributed by atoms with Crippen LogP contribution in [0.4, 0.5) is 8.78 Å². The van der Waals surface area contributed by atoms with Crippen molar-refractivity contribution in [1.82, 2.24) is 25.2 Å². The normalized spacial score (nSPS) is 14.5. The number of nitrogens with one attached hydrogen (secondary N) is 1. The number of nitrogens with zero attached hydrogens (tertiary/aromatic N) is 4. The van der Waals surface area contributed by atoms with E-state index in [1.807, 2.05) is 12.1 Å². The second-order valence-corrected chi connectivity index (χ2v) is 9.30. The van der Waals surface area contributed by atoms with Gasteiger partial charge in [0.2, 0.25) is 11.8 Å². The standard InChI is InChI=1S/C28H27F2N5O2/c29-20-15-13-19(14-16-20)17-34(26(36)18-35-25-12-6-5-11-24(25)32-33-35)27(22-9-3-4-10-23(22)30)28(37)31-21-7-1-2-8-21/h3-6,9-16,21,27H,1-2,7-8,17-18H2,(H,31,37)/t27-/m1/s1. The minimum atomic E-state index is -1.23. The van der Waals surface area contributed by atoms with E-state index in [0.717, 1.165) is 25.7 Å². The van der Waals surface area contributed by atoms with Gasteiger partial charge in [-0.2, -0.15) is 0 Å². The Hall–Kier alpha value is -4.14. The molecule has 1 aliphatic carbocycles. The van der Waals surface area contributed by atoms with Crippen LogP contribution in [-0.2, 0) is 22.7 Å². The molecule has 37 heavy (non-hydrogen) atoms. The van der Waals surface area contributed by atoms with Crippen molar-refractivity contribution in [3.8, 4) is 0 Å². The third-order valence-electron chi connectivity index (χ3n) is 6.75. The van der Waals surface area contributed by atoms with Crippen LogP contribution >= 0.6 is 0 Å². The second-order valence-electron chi connectivity index (χ2n) is 9.30. The Morgan fingerprint density at radius 2 is 1.68 bits per heavy atom. The lowest BCUT2D eigenvalue weighted by atomic mass is 10.0. The summed E-state index contributed by atoms with van der Waals surface area (Å²) in [5.41, 5.74) is 1.99. The summed E-state index contributed by atoms with van der Waals surface area (Å²) in [5, 5.41) is 11.2. The zero-order chi connectivity index (χ0) is 25.8. The molecule has 1 aliphatic rings. The van der Waals surface area contributed by atoms with Gasteiger partial charge in [0.15, 0.2) is 0 Å². The predicted molar refractivity (Wildman–Crippen MR) is 134 cm³/mol. The highest BCUT2D eigenvalue weighted by molar-refractivity contribution is 5.89. The number of hydrogen-bond acceptors (Lipinski definition) is 4. The number of amides is 2. The van der Waals surface area contributed by atoms with Crippen molar-refractivity contribution in [2.45, 2.75) is 50.9 Å². The Balaban J connectivity index is 1.53. The summed E-state index contributed by atoms with van der Waals surface area (Å²) >= 11 is 0. The van der Waals surface area contributed by atoms with Crippen LogP contribution in [0.2, 0.25) is 0 Å². The van der Waals surface area contributed by atoms with Crippen molar-refractivity contribution in [2.75, 3.05) is 0 Å². The molecule has 0 spiro atoms. The van der Waals surface area contributed by atoms with E-state index in [0.29, 0.717) is 16.6 Å². The third-order valence-corrected chi connectivity index (χ3v) is 6.75. The predicted octanol–water partition coefficient (Wildman–Crippen LogP) is 4.54. The van der Waals surface area contributed by atoms with Crippen molar-refractivity contribution in [3.05, 3.63) is 95.6 Å². The summed E-state index contributed by atoms with van der Waals surface area (Å²) in [7, 11) is 0. The smallest absolute Gasteiger partial charge is 0.247 e. The first-order valence-corrected chi connectivity index (χ1v) is 12.4. The van der Waals surface area contributed by atoms with E-state index < -0.39 is 29.5 Å². The molecule has 1 heterocycles. The molecule has 0 unspecified atom stereocenters. The van der Waals surface area contributed by atoms with Crippen molar-refractivity contribution in [2.24, 2.45) is 0 Å². The monoisotopic (exact) mass is 503 g/mol. The Morgan fingerprint density at radius 1 is 0.973 bits per heavy atom. The van der Waals surface area contributed by atoms with Gasteiger partial charge in [-0.3, -0.25) is 9.59 Å². The topological polar surface area (TPSA) is 80.1 Å². The van der Waals surface area contributed by atoms with E-state index >= 15 is 4.39 Å². The number of rotatable bonds is 8. The molecular formula is C28H27F2N5O2. The van der Waals surface area contributed by atoms with Crippen LogP contribution in [0.25, 0.3) is 11.0 Å². The van der Waals surface area contributed by atoms with Crippen molar-refractivity contribution >= 4 is 22.8 Å². The number of para-hydroxylation sites is 1. The first-order chi connectivity index (χ1) is 18.0. The van der Waals surface area contributed by atoms with Gasteiger partial charge in [0, 0.05) is 18.2 Å². The van der Waals surface area contributed by atoms with E-state index in [1.165, 1.54) is 33.8 Å². The van der Waals surface area contributed by atoms with E-state index in [2.05, 4.69) is 15.6 Å². The molecule has 0 saturated heterocycles. The van der Waals surface area contributed by atoms with Crippen molar-refractivity contribution < 1.29 is 18.4 Å². The second kappa shape index (κ2) is 10.9. The number of halogens is 2. The maximum absolute atomic E-state index is 15.1. The van der Waals surface area contributed by atoms with Crippen LogP contribution in [0.3, 0.4) is 0 Å². The first-order valence-electron chi connectivity index (χ1n) is 12.4. The fourth-order valence-electron chi connectivity index (χ4n) is 4.86. The molecule has 0 bridgehead atoms. The molecule has 4 aromatic rings. The van der Waals surface area contributed by atoms with E-state index in [-0.39, 0.29) is 24.7 Å². The number of fused-ring (bicyclic) bond motifs is 1. The van der Waals surface area contributed by atoms with Crippen LogP contribution in [0.1, 0.15) is 42.9 Å². The minimum absolute atomic E-state index is 0.0243. The van der Waals surface area contributed by atoms with Gasteiger partial charge < -0.3 is 10.2 Å². The molecule has 1 fully saturated rings. The summed E-state index contributed by atoms with van der Waals surface area (Å²) in [6.07, 6.45) is 3.69. The van der Waals surface area contributed by atoms with Crippen LogP contribution in [0.5, 0.6) is 0 Å². The largest absolute Gasteiger partial charge is 0.351 e. The van der Waals surface area contributed by atoms with Crippen LogP contribution in [0.15, 0.2) is 72.8 Å².